The second kappa shape index (κ2) is 10.1. The number of nitrogens with one attached hydrogen (secondary N) is 2. The van der Waals surface area contributed by atoms with E-state index in [0.717, 1.165) is 29.7 Å². The molecule has 1 aliphatic carbocycles. The molecule has 1 heterocycles. The van der Waals surface area contributed by atoms with Crippen LogP contribution in [-0.4, -0.2) is 38.4 Å². The Morgan fingerprint density at radius 3 is 2.40 bits per heavy atom. The third-order valence-corrected chi connectivity index (χ3v) is 6.58. The van der Waals surface area contributed by atoms with Crippen LogP contribution in [0.2, 0.25) is 0 Å². The van der Waals surface area contributed by atoms with Crippen molar-refractivity contribution in [1.82, 2.24) is 20.1 Å². The number of aryl methyl sites for hydroxylation is 1. The van der Waals surface area contributed by atoms with Gasteiger partial charge >= 0.3 is 0 Å². The molecule has 1 saturated carbocycles. The van der Waals surface area contributed by atoms with Crippen LogP contribution in [0.5, 0.6) is 0 Å². The third kappa shape index (κ3) is 5.44. The largest absolute Gasteiger partial charge is 0.349 e. The summed E-state index contributed by atoms with van der Waals surface area (Å²) in [6.07, 6.45) is 2.01. The molecule has 176 valence electrons. The number of hydrogen-bond donors (Lipinski definition) is 2. The van der Waals surface area contributed by atoms with Crippen molar-refractivity contribution in [3.05, 3.63) is 90.0 Å². The molecule has 1 fully saturated rings. The van der Waals surface area contributed by atoms with Crippen molar-refractivity contribution < 1.29 is 9.59 Å². The zero-order valence-electron chi connectivity index (χ0n) is 19.3. The summed E-state index contributed by atoms with van der Waals surface area (Å²) in [6.45, 7) is 2.04. The molecule has 0 bridgehead atoms. The lowest BCUT2D eigenvalue weighted by molar-refractivity contribution is -0.113. The Bertz CT molecular complexity index is 1350. The number of anilines is 1. The molecule has 5 rings (SSSR count). The summed E-state index contributed by atoms with van der Waals surface area (Å²) in [6, 6.07) is 25.3. The van der Waals surface area contributed by atoms with Crippen molar-refractivity contribution in [2.24, 2.45) is 0 Å². The molecule has 0 aliphatic heterocycles. The summed E-state index contributed by atoms with van der Waals surface area (Å²) in [5, 5.41) is 15.3. The number of nitrogens with zero attached hydrogens (tertiary/aromatic N) is 3. The zero-order chi connectivity index (χ0) is 24.2. The van der Waals surface area contributed by atoms with Gasteiger partial charge in [0, 0.05) is 17.3 Å². The van der Waals surface area contributed by atoms with Crippen molar-refractivity contribution in [1.29, 1.82) is 0 Å². The molecule has 1 aromatic heterocycles. The molecule has 35 heavy (non-hydrogen) atoms. The predicted molar refractivity (Wildman–Crippen MR) is 138 cm³/mol. The van der Waals surface area contributed by atoms with Crippen molar-refractivity contribution in [2.75, 3.05) is 11.1 Å². The van der Waals surface area contributed by atoms with E-state index in [0.29, 0.717) is 22.2 Å². The Morgan fingerprint density at radius 1 is 0.943 bits per heavy atom. The van der Waals surface area contributed by atoms with E-state index in [-0.39, 0.29) is 23.6 Å². The number of para-hydroxylation sites is 1. The van der Waals surface area contributed by atoms with Gasteiger partial charge in [-0.2, -0.15) is 0 Å². The maximum absolute atomic E-state index is 12.8. The van der Waals surface area contributed by atoms with E-state index < -0.39 is 0 Å². The first-order valence-corrected chi connectivity index (χ1v) is 12.5. The first kappa shape index (κ1) is 22.9. The minimum Gasteiger partial charge on any atom is -0.349 e. The van der Waals surface area contributed by atoms with Crippen LogP contribution in [-0.2, 0) is 4.79 Å². The summed E-state index contributed by atoms with van der Waals surface area (Å²) in [5.41, 5.74) is 3.98. The van der Waals surface area contributed by atoms with Crippen LogP contribution in [0.1, 0.15) is 28.8 Å². The second-order valence-electron chi connectivity index (χ2n) is 8.47. The van der Waals surface area contributed by atoms with Crippen LogP contribution in [0.15, 0.2) is 84.0 Å². The van der Waals surface area contributed by atoms with Gasteiger partial charge in [-0.05, 0) is 44.0 Å². The van der Waals surface area contributed by atoms with E-state index in [1.807, 2.05) is 66.1 Å². The number of aromatic nitrogens is 3. The maximum atomic E-state index is 12.8. The van der Waals surface area contributed by atoms with Crippen molar-refractivity contribution in [2.45, 2.75) is 31.0 Å². The van der Waals surface area contributed by atoms with Gasteiger partial charge in [-0.1, -0.05) is 71.9 Å². The molecule has 2 amide bonds. The molecule has 8 heteroatoms. The first-order chi connectivity index (χ1) is 17.1. The summed E-state index contributed by atoms with van der Waals surface area (Å²) in [5.74, 6) is 0.445. The normalized spacial score (nSPS) is 12.8. The van der Waals surface area contributed by atoms with Gasteiger partial charge in [-0.25, -0.2) is 0 Å². The van der Waals surface area contributed by atoms with E-state index in [1.54, 1.807) is 24.3 Å². The third-order valence-electron chi connectivity index (χ3n) is 5.65. The van der Waals surface area contributed by atoms with Gasteiger partial charge in [0.1, 0.15) is 0 Å². The van der Waals surface area contributed by atoms with E-state index >= 15 is 0 Å². The highest BCUT2D eigenvalue weighted by Crippen LogP contribution is 2.28. The fraction of sp³-hybridized carbons (Fsp3) is 0.185. The highest BCUT2D eigenvalue weighted by atomic mass is 32.2. The quantitative estimate of drug-likeness (QED) is 0.349. The Kier molecular flexibility index (Phi) is 6.63. The molecule has 0 spiro atoms. The van der Waals surface area contributed by atoms with E-state index in [9.17, 15) is 9.59 Å². The highest BCUT2D eigenvalue weighted by molar-refractivity contribution is 7.99. The van der Waals surface area contributed by atoms with Crippen LogP contribution in [0, 0.1) is 6.92 Å². The number of rotatable bonds is 8. The SMILES string of the molecule is Cc1ccc(-n2c(SCC(=O)Nc3ccccc3C(=O)NC3CC3)nnc2-c2ccccc2)cc1. The van der Waals surface area contributed by atoms with Gasteiger partial charge in [-0.15, -0.1) is 10.2 Å². The van der Waals surface area contributed by atoms with Crippen LogP contribution in [0.3, 0.4) is 0 Å². The molecule has 0 radical (unpaired) electrons. The van der Waals surface area contributed by atoms with E-state index in [4.69, 9.17) is 0 Å². The second-order valence-corrected chi connectivity index (χ2v) is 9.42. The maximum Gasteiger partial charge on any atom is 0.253 e. The first-order valence-electron chi connectivity index (χ1n) is 11.5. The lowest BCUT2D eigenvalue weighted by Gasteiger charge is -2.12. The summed E-state index contributed by atoms with van der Waals surface area (Å²) in [4.78, 5) is 25.4. The monoisotopic (exact) mass is 483 g/mol. The highest BCUT2D eigenvalue weighted by Gasteiger charge is 2.25. The lowest BCUT2D eigenvalue weighted by atomic mass is 10.1. The van der Waals surface area contributed by atoms with Gasteiger partial charge in [0.2, 0.25) is 5.91 Å². The van der Waals surface area contributed by atoms with Crippen LogP contribution in [0.4, 0.5) is 5.69 Å². The zero-order valence-corrected chi connectivity index (χ0v) is 20.1. The standard InChI is InChI=1S/C27H25N5O2S/c1-18-11-15-21(16-12-18)32-25(19-7-3-2-4-8-19)30-31-27(32)35-17-24(33)29-23-10-6-5-9-22(23)26(34)28-20-13-14-20/h2-12,15-16,20H,13-14,17H2,1H3,(H,28,34)(H,29,33). The molecule has 3 aromatic carbocycles. The molecule has 2 N–H and O–H groups in total. The van der Waals surface area contributed by atoms with Crippen LogP contribution >= 0.6 is 11.8 Å². The Balaban J connectivity index is 1.35. The van der Waals surface area contributed by atoms with Gasteiger partial charge in [0.05, 0.1) is 17.0 Å². The Labute approximate surface area is 208 Å². The molecule has 4 aromatic rings. The topological polar surface area (TPSA) is 88.9 Å². The number of amides is 2. The van der Waals surface area contributed by atoms with E-state index in [1.165, 1.54) is 11.8 Å². The Morgan fingerprint density at radius 2 is 1.66 bits per heavy atom. The van der Waals surface area contributed by atoms with Gasteiger partial charge < -0.3 is 10.6 Å². The van der Waals surface area contributed by atoms with Gasteiger partial charge in [0.15, 0.2) is 11.0 Å². The van der Waals surface area contributed by atoms with Crippen LogP contribution < -0.4 is 10.6 Å². The summed E-state index contributed by atoms with van der Waals surface area (Å²) < 4.78 is 1.96. The lowest BCUT2D eigenvalue weighted by Crippen LogP contribution is -2.27. The van der Waals surface area contributed by atoms with Gasteiger partial charge in [0.25, 0.3) is 5.91 Å². The molecular formula is C27H25N5O2S. The van der Waals surface area contributed by atoms with Crippen molar-refractivity contribution in [3.8, 4) is 17.1 Å². The number of carbonyl (C=O) groups is 2. The molecule has 1 aliphatic rings. The fourth-order valence-corrected chi connectivity index (χ4v) is 4.41. The average molecular weight is 484 g/mol. The number of carbonyl (C=O) groups excluding carboxylic acids is 2. The van der Waals surface area contributed by atoms with E-state index in [2.05, 4.69) is 20.8 Å². The smallest absolute Gasteiger partial charge is 0.253 e. The molecule has 0 unspecified atom stereocenters. The Hall–Kier alpha value is -3.91. The number of benzene rings is 3. The predicted octanol–water partition coefficient (Wildman–Crippen LogP) is 4.87. The molecule has 0 saturated heterocycles. The molecule has 0 atom stereocenters. The molecular weight excluding hydrogens is 458 g/mol. The van der Waals surface area contributed by atoms with Crippen molar-refractivity contribution >= 4 is 29.3 Å². The number of thioether (sulfide) groups is 1. The average Bonchev–Trinajstić information content (AvgIpc) is 3.59. The molecule has 7 nitrogen and oxygen atoms in total. The fourth-order valence-electron chi connectivity index (χ4n) is 3.66. The van der Waals surface area contributed by atoms with Crippen LogP contribution in [0.25, 0.3) is 17.1 Å². The minimum atomic E-state index is -0.221. The van der Waals surface area contributed by atoms with Crippen molar-refractivity contribution in [3.63, 3.8) is 0 Å². The van der Waals surface area contributed by atoms with Gasteiger partial charge in [-0.3, -0.25) is 14.2 Å². The minimum absolute atomic E-state index is 0.122. The summed E-state index contributed by atoms with van der Waals surface area (Å²) in [7, 11) is 0. The summed E-state index contributed by atoms with van der Waals surface area (Å²) >= 11 is 1.30. The number of hydrogen-bond acceptors (Lipinski definition) is 5.